The number of aliphatic hydroxyl groups is 1. The molecule has 0 bridgehead atoms. The topological polar surface area (TPSA) is 202 Å². The van der Waals surface area contributed by atoms with Gasteiger partial charge in [-0.05, 0) is 44.1 Å². The predicted octanol–water partition coefficient (Wildman–Crippen LogP) is 1.97. The van der Waals surface area contributed by atoms with Crippen molar-refractivity contribution in [3.8, 4) is 0 Å². The Balaban J connectivity index is 3.21. The molecule has 3 amide bonds. The van der Waals surface area contributed by atoms with Gasteiger partial charge < -0.3 is 21.1 Å². The van der Waals surface area contributed by atoms with E-state index in [2.05, 4.69) is 22.5 Å². The SMILES string of the molecule is C=C(C(=O)[C@H](CC(C)C)NC(=O)[C@H](CC(C)C)NC(=O)[C@H](CC(C)(C)O)NC(=O)Cc1cccc([N+](=O)[O-])c1)S(C)(=O)=O. The lowest BCUT2D eigenvalue weighted by molar-refractivity contribution is -0.384. The minimum atomic E-state index is -3.91. The third-order valence-corrected chi connectivity index (χ3v) is 7.34. The van der Waals surface area contributed by atoms with E-state index in [1.165, 1.54) is 38.1 Å². The summed E-state index contributed by atoms with van der Waals surface area (Å²) in [4.78, 5) is 62.4. The average Bonchev–Trinajstić information content (AvgIpc) is 2.84. The van der Waals surface area contributed by atoms with E-state index in [9.17, 15) is 42.8 Å². The van der Waals surface area contributed by atoms with Gasteiger partial charge in [-0.15, -0.1) is 0 Å². The highest BCUT2D eigenvalue weighted by atomic mass is 32.2. The van der Waals surface area contributed by atoms with Gasteiger partial charge in [-0.25, -0.2) is 8.42 Å². The van der Waals surface area contributed by atoms with Gasteiger partial charge >= 0.3 is 0 Å². The number of rotatable bonds is 17. The van der Waals surface area contributed by atoms with Crippen LogP contribution in [0.4, 0.5) is 5.69 Å². The van der Waals surface area contributed by atoms with Crippen LogP contribution in [-0.4, -0.2) is 71.9 Å². The monoisotopic (exact) mass is 624 g/mol. The summed E-state index contributed by atoms with van der Waals surface area (Å²) in [5.41, 5.74) is -1.27. The third-order valence-electron chi connectivity index (χ3n) is 6.24. The first-order chi connectivity index (χ1) is 19.6. The molecule has 0 aliphatic rings. The average molecular weight is 625 g/mol. The third kappa shape index (κ3) is 13.5. The van der Waals surface area contributed by atoms with Crippen molar-refractivity contribution in [2.75, 3.05) is 6.26 Å². The zero-order valence-electron chi connectivity index (χ0n) is 25.8. The van der Waals surface area contributed by atoms with Crippen LogP contribution < -0.4 is 16.0 Å². The Bertz CT molecular complexity index is 1320. The van der Waals surface area contributed by atoms with E-state index in [-0.39, 0.29) is 43.2 Å². The molecule has 1 aromatic rings. The van der Waals surface area contributed by atoms with Crippen LogP contribution in [0, 0.1) is 22.0 Å². The number of hydrogen-bond donors (Lipinski definition) is 4. The minimum absolute atomic E-state index is 0.0996. The number of non-ortho nitro benzene ring substituents is 1. The van der Waals surface area contributed by atoms with Crippen molar-refractivity contribution >= 4 is 39.0 Å². The Labute approximate surface area is 253 Å². The highest BCUT2D eigenvalue weighted by Gasteiger charge is 2.34. The number of nitro groups is 1. The van der Waals surface area contributed by atoms with E-state index in [4.69, 9.17) is 0 Å². The van der Waals surface area contributed by atoms with Gasteiger partial charge in [0.2, 0.25) is 17.7 Å². The zero-order valence-corrected chi connectivity index (χ0v) is 26.6. The molecular weight excluding hydrogens is 580 g/mol. The van der Waals surface area contributed by atoms with E-state index in [0.717, 1.165) is 6.26 Å². The van der Waals surface area contributed by atoms with Crippen LogP contribution in [0.5, 0.6) is 0 Å². The molecule has 0 aliphatic heterocycles. The number of nitro benzene ring substituents is 1. The fourth-order valence-electron chi connectivity index (χ4n) is 4.25. The van der Waals surface area contributed by atoms with E-state index < -0.39 is 66.9 Å². The first kappa shape index (κ1) is 37.4. The molecule has 0 spiro atoms. The van der Waals surface area contributed by atoms with Gasteiger partial charge in [-0.1, -0.05) is 46.4 Å². The van der Waals surface area contributed by atoms with Crippen LogP contribution >= 0.6 is 0 Å². The molecule has 3 atom stereocenters. The number of ketones is 1. The summed E-state index contributed by atoms with van der Waals surface area (Å²) in [6.45, 7) is 13.5. The number of nitrogens with one attached hydrogen (secondary N) is 3. The van der Waals surface area contributed by atoms with Crippen molar-refractivity contribution < 1.29 is 37.6 Å². The quantitative estimate of drug-likeness (QED) is 0.114. The first-order valence-electron chi connectivity index (χ1n) is 13.9. The van der Waals surface area contributed by atoms with Gasteiger partial charge in [0.05, 0.1) is 23.0 Å². The molecule has 240 valence electrons. The van der Waals surface area contributed by atoms with E-state index in [1.807, 2.05) is 13.8 Å². The fourth-order valence-corrected chi connectivity index (χ4v) is 4.75. The number of carbonyl (C=O) groups excluding carboxylic acids is 4. The molecule has 43 heavy (non-hydrogen) atoms. The lowest BCUT2D eigenvalue weighted by Crippen LogP contribution is -2.57. The molecule has 13 nitrogen and oxygen atoms in total. The highest BCUT2D eigenvalue weighted by Crippen LogP contribution is 2.17. The highest BCUT2D eigenvalue weighted by molar-refractivity contribution is 7.95. The molecule has 0 radical (unpaired) electrons. The van der Waals surface area contributed by atoms with Crippen LogP contribution in [0.2, 0.25) is 0 Å². The summed E-state index contributed by atoms with van der Waals surface area (Å²) in [5, 5.41) is 29.2. The van der Waals surface area contributed by atoms with Crippen LogP contribution in [-0.2, 0) is 35.4 Å². The second-order valence-electron chi connectivity index (χ2n) is 12.2. The maximum atomic E-state index is 13.4. The molecule has 1 aromatic carbocycles. The van der Waals surface area contributed by atoms with Crippen LogP contribution in [0.25, 0.3) is 0 Å². The number of sulfone groups is 1. The van der Waals surface area contributed by atoms with Gasteiger partial charge in [0.25, 0.3) is 5.69 Å². The van der Waals surface area contributed by atoms with Crippen molar-refractivity contribution in [3.63, 3.8) is 0 Å². The second kappa shape index (κ2) is 15.7. The number of carbonyl (C=O) groups is 4. The molecule has 14 heteroatoms. The molecule has 0 aliphatic carbocycles. The van der Waals surface area contributed by atoms with Crippen molar-refractivity contribution in [2.24, 2.45) is 11.8 Å². The van der Waals surface area contributed by atoms with Crippen LogP contribution in [0.3, 0.4) is 0 Å². The lowest BCUT2D eigenvalue weighted by Gasteiger charge is -2.29. The van der Waals surface area contributed by atoms with Crippen LogP contribution in [0.1, 0.15) is 66.4 Å². The summed E-state index contributed by atoms with van der Waals surface area (Å²) < 4.78 is 23.9. The van der Waals surface area contributed by atoms with E-state index in [1.54, 1.807) is 13.8 Å². The molecule has 0 saturated carbocycles. The molecule has 0 unspecified atom stereocenters. The van der Waals surface area contributed by atoms with Crippen molar-refractivity contribution in [1.29, 1.82) is 0 Å². The molecule has 0 fully saturated rings. The predicted molar refractivity (Wildman–Crippen MR) is 161 cm³/mol. The standard InChI is InChI=1S/C29H44N4O9S/c1-17(2)12-22(26(35)19(5)43(8,41)42)31-27(36)23(13-18(3)4)32-28(37)24(16-29(6,7)38)30-25(34)15-20-10-9-11-21(14-20)33(39)40/h9-11,14,17-18,22-24,38H,5,12-13,15-16H2,1-4,6-8H3,(H,30,34)(H,31,36)(H,32,37)/t22-,23-,24-/m0/s1. The smallest absolute Gasteiger partial charge is 0.269 e. The largest absolute Gasteiger partial charge is 0.390 e. The maximum Gasteiger partial charge on any atom is 0.269 e. The van der Waals surface area contributed by atoms with Crippen molar-refractivity contribution in [2.45, 2.75) is 91.0 Å². The molecule has 0 aromatic heterocycles. The molecule has 0 saturated heterocycles. The maximum absolute atomic E-state index is 13.4. The Morgan fingerprint density at radius 3 is 1.95 bits per heavy atom. The lowest BCUT2D eigenvalue weighted by atomic mass is 9.96. The summed E-state index contributed by atoms with van der Waals surface area (Å²) in [7, 11) is -3.91. The number of nitrogens with zero attached hydrogens (tertiary/aromatic N) is 1. The Morgan fingerprint density at radius 1 is 0.953 bits per heavy atom. The number of amides is 3. The summed E-state index contributed by atoms with van der Waals surface area (Å²) in [6.07, 6.45) is 0.606. The minimum Gasteiger partial charge on any atom is -0.390 e. The number of Topliss-reactive ketones (excluding diaryl/α,β-unsaturated/α-hetero) is 1. The van der Waals surface area contributed by atoms with Gasteiger partial charge in [-0.3, -0.25) is 29.3 Å². The van der Waals surface area contributed by atoms with Crippen molar-refractivity contribution in [1.82, 2.24) is 16.0 Å². The zero-order chi connectivity index (χ0) is 33.3. The Morgan fingerprint density at radius 2 is 1.47 bits per heavy atom. The van der Waals surface area contributed by atoms with E-state index >= 15 is 0 Å². The number of hydrogen-bond acceptors (Lipinski definition) is 9. The second-order valence-corrected chi connectivity index (χ2v) is 14.2. The Kier molecular flexibility index (Phi) is 13.7. The molecule has 0 heterocycles. The molecule has 4 N–H and O–H groups in total. The van der Waals surface area contributed by atoms with Crippen LogP contribution in [0.15, 0.2) is 35.7 Å². The van der Waals surface area contributed by atoms with Gasteiger partial charge in [0.15, 0.2) is 15.6 Å². The summed E-state index contributed by atoms with van der Waals surface area (Å²) in [5.74, 6) is -3.20. The normalized spacial score (nSPS) is 14.0. The van der Waals surface area contributed by atoms with Gasteiger partial charge in [0, 0.05) is 24.8 Å². The molecule has 1 rings (SSSR count). The first-order valence-corrected chi connectivity index (χ1v) is 15.8. The Hall–Kier alpha value is -3.65. The summed E-state index contributed by atoms with van der Waals surface area (Å²) in [6, 6.07) is 1.81. The van der Waals surface area contributed by atoms with Gasteiger partial charge in [-0.2, -0.15) is 0 Å². The van der Waals surface area contributed by atoms with E-state index in [0.29, 0.717) is 5.56 Å². The molecular formula is C29H44N4O9S. The van der Waals surface area contributed by atoms with Gasteiger partial charge in [0.1, 0.15) is 17.0 Å². The van der Waals surface area contributed by atoms with Crippen molar-refractivity contribution in [3.05, 3.63) is 51.4 Å². The summed E-state index contributed by atoms with van der Waals surface area (Å²) >= 11 is 0. The fraction of sp³-hybridized carbons (Fsp3) is 0.586. The number of benzene rings is 1.